The molecule has 104 valence electrons. The normalized spacial score (nSPS) is 19.1. The van der Waals surface area contributed by atoms with Crippen LogP contribution in [0.25, 0.3) is 0 Å². The molecule has 2 unspecified atom stereocenters. The molecule has 0 aromatic heterocycles. The molecule has 3 rings (SSSR count). The maximum absolute atomic E-state index is 13.2. The van der Waals surface area contributed by atoms with Gasteiger partial charge in [0.1, 0.15) is 5.82 Å². The molecule has 2 nitrogen and oxygen atoms in total. The monoisotopic (exact) mass is 271 g/mol. The fourth-order valence-electron chi connectivity index (χ4n) is 2.89. The predicted octanol–water partition coefficient (Wildman–Crippen LogP) is 3.59. The molecule has 0 saturated carbocycles. The molecule has 0 saturated heterocycles. The Hall–Kier alpha value is -1.87. The molecule has 0 spiro atoms. The van der Waals surface area contributed by atoms with Crippen molar-refractivity contribution in [2.24, 2.45) is 0 Å². The zero-order chi connectivity index (χ0) is 14.1. The summed E-state index contributed by atoms with van der Waals surface area (Å²) in [5, 5.41) is 14.0. The highest BCUT2D eigenvalue weighted by molar-refractivity contribution is 5.54. The molecule has 0 amide bonds. The van der Waals surface area contributed by atoms with Gasteiger partial charge in [0.25, 0.3) is 0 Å². The van der Waals surface area contributed by atoms with E-state index < -0.39 is 6.10 Å². The highest BCUT2D eigenvalue weighted by Crippen LogP contribution is 2.31. The second-order valence-electron chi connectivity index (χ2n) is 5.39. The summed E-state index contributed by atoms with van der Waals surface area (Å²) in [7, 11) is 0. The highest BCUT2D eigenvalue weighted by atomic mass is 19.1. The number of hydrogen-bond donors (Lipinski definition) is 2. The van der Waals surface area contributed by atoms with Gasteiger partial charge in [-0.3, -0.25) is 0 Å². The summed E-state index contributed by atoms with van der Waals surface area (Å²) >= 11 is 0. The molecule has 0 aliphatic carbocycles. The standard InChI is InChI=1S/C17H18FNO/c1-11-10-13(18)7-8-14(11)17(20)16-9-6-12-4-2-3-5-15(12)19-16/h2-5,7-8,10,16-17,19-20H,6,9H2,1H3. The van der Waals surface area contributed by atoms with Crippen molar-refractivity contribution in [3.8, 4) is 0 Å². The number of aliphatic hydroxyl groups excluding tert-OH is 1. The van der Waals surface area contributed by atoms with Gasteiger partial charge in [0.15, 0.2) is 0 Å². The fourth-order valence-corrected chi connectivity index (χ4v) is 2.89. The molecule has 0 bridgehead atoms. The van der Waals surface area contributed by atoms with Crippen LogP contribution >= 0.6 is 0 Å². The second kappa shape index (κ2) is 5.25. The molecular weight excluding hydrogens is 253 g/mol. The van der Waals surface area contributed by atoms with E-state index in [0.717, 1.165) is 29.7 Å². The lowest BCUT2D eigenvalue weighted by atomic mass is 9.90. The van der Waals surface area contributed by atoms with Crippen LogP contribution in [0.15, 0.2) is 42.5 Å². The van der Waals surface area contributed by atoms with Crippen molar-refractivity contribution >= 4 is 5.69 Å². The fraction of sp³-hybridized carbons (Fsp3) is 0.294. The van der Waals surface area contributed by atoms with E-state index in [1.54, 1.807) is 6.07 Å². The van der Waals surface area contributed by atoms with Crippen LogP contribution in [0, 0.1) is 12.7 Å². The maximum atomic E-state index is 13.2. The lowest BCUT2D eigenvalue weighted by Crippen LogP contribution is -2.32. The van der Waals surface area contributed by atoms with Crippen LogP contribution < -0.4 is 5.32 Å². The summed E-state index contributed by atoms with van der Waals surface area (Å²) in [5.74, 6) is -0.264. The second-order valence-corrected chi connectivity index (χ2v) is 5.39. The minimum absolute atomic E-state index is 0.0333. The minimum Gasteiger partial charge on any atom is -0.386 e. The third-order valence-electron chi connectivity index (χ3n) is 4.01. The van der Waals surface area contributed by atoms with E-state index in [0.29, 0.717) is 0 Å². The molecule has 2 aromatic carbocycles. The first-order valence-corrected chi connectivity index (χ1v) is 6.94. The van der Waals surface area contributed by atoms with Crippen molar-refractivity contribution in [2.75, 3.05) is 5.32 Å². The number of anilines is 1. The van der Waals surface area contributed by atoms with Gasteiger partial charge in [0.05, 0.1) is 12.1 Å². The van der Waals surface area contributed by atoms with Gasteiger partial charge in [0.2, 0.25) is 0 Å². The number of halogens is 1. The van der Waals surface area contributed by atoms with Gasteiger partial charge < -0.3 is 10.4 Å². The third kappa shape index (κ3) is 2.41. The van der Waals surface area contributed by atoms with E-state index >= 15 is 0 Å². The molecule has 2 atom stereocenters. The Morgan fingerprint density at radius 1 is 1.25 bits per heavy atom. The van der Waals surface area contributed by atoms with Crippen LogP contribution in [-0.2, 0) is 6.42 Å². The molecule has 3 heteroatoms. The maximum Gasteiger partial charge on any atom is 0.123 e. The molecule has 0 fully saturated rings. The van der Waals surface area contributed by atoms with Crippen molar-refractivity contribution in [1.29, 1.82) is 0 Å². The van der Waals surface area contributed by atoms with Crippen LogP contribution in [0.5, 0.6) is 0 Å². The predicted molar refractivity (Wildman–Crippen MR) is 78.3 cm³/mol. The minimum atomic E-state index is -0.621. The van der Waals surface area contributed by atoms with Crippen LogP contribution in [0.3, 0.4) is 0 Å². The van der Waals surface area contributed by atoms with Gasteiger partial charge in [-0.05, 0) is 54.7 Å². The zero-order valence-corrected chi connectivity index (χ0v) is 11.4. The van der Waals surface area contributed by atoms with E-state index in [2.05, 4.69) is 11.4 Å². The average molecular weight is 271 g/mol. The lowest BCUT2D eigenvalue weighted by molar-refractivity contribution is 0.148. The summed E-state index contributed by atoms with van der Waals surface area (Å²) in [5.41, 5.74) is 3.95. The summed E-state index contributed by atoms with van der Waals surface area (Å²) in [6.45, 7) is 1.83. The molecule has 1 aliphatic rings. The highest BCUT2D eigenvalue weighted by Gasteiger charge is 2.26. The Morgan fingerprint density at radius 3 is 2.85 bits per heavy atom. The Kier molecular flexibility index (Phi) is 3.45. The first kappa shape index (κ1) is 13.1. The number of fused-ring (bicyclic) bond motifs is 1. The number of aliphatic hydroxyl groups is 1. The largest absolute Gasteiger partial charge is 0.386 e. The first-order valence-electron chi connectivity index (χ1n) is 6.94. The first-order chi connectivity index (χ1) is 9.65. The molecule has 2 aromatic rings. The molecule has 1 heterocycles. The van der Waals surface area contributed by atoms with E-state index in [9.17, 15) is 9.50 Å². The van der Waals surface area contributed by atoms with Crippen molar-refractivity contribution in [3.63, 3.8) is 0 Å². The Balaban J connectivity index is 1.84. The lowest BCUT2D eigenvalue weighted by Gasteiger charge is -2.31. The summed E-state index contributed by atoms with van der Waals surface area (Å²) in [4.78, 5) is 0. The van der Waals surface area contributed by atoms with Crippen molar-refractivity contribution in [3.05, 3.63) is 65.0 Å². The smallest absolute Gasteiger partial charge is 0.123 e. The van der Waals surface area contributed by atoms with Crippen molar-refractivity contribution < 1.29 is 9.50 Å². The van der Waals surface area contributed by atoms with Gasteiger partial charge in [-0.25, -0.2) is 4.39 Å². The number of para-hydroxylation sites is 1. The van der Waals surface area contributed by atoms with Crippen molar-refractivity contribution in [1.82, 2.24) is 0 Å². The zero-order valence-electron chi connectivity index (χ0n) is 11.4. The number of aryl methyl sites for hydroxylation is 2. The van der Waals surface area contributed by atoms with E-state index in [1.165, 1.54) is 17.7 Å². The van der Waals surface area contributed by atoms with Crippen molar-refractivity contribution in [2.45, 2.75) is 31.9 Å². The number of hydrogen-bond acceptors (Lipinski definition) is 2. The number of benzene rings is 2. The molecule has 1 aliphatic heterocycles. The quantitative estimate of drug-likeness (QED) is 0.874. The van der Waals surface area contributed by atoms with Gasteiger partial charge in [-0.1, -0.05) is 24.3 Å². The van der Waals surface area contributed by atoms with E-state index in [-0.39, 0.29) is 11.9 Å². The van der Waals surface area contributed by atoms with Crippen LogP contribution in [0.1, 0.15) is 29.2 Å². The third-order valence-corrected chi connectivity index (χ3v) is 4.01. The molecule has 20 heavy (non-hydrogen) atoms. The molecular formula is C17H18FNO. The number of rotatable bonds is 2. The van der Waals surface area contributed by atoms with E-state index in [1.807, 2.05) is 25.1 Å². The SMILES string of the molecule is Cc1cc(F)ccc1C(O)C1CCc2ccccc2N1. The average Bonchev–Trinajstić information content (AvgIpc) is 2.46. The number of nitrogens with one attached hydrogen (secondary N) is 1. The van der Waals surface area contributed by atoms with Gasteiger partial charge in [-0.2, -0.15) is 0 Å². The van der Waals surface area contributed by atoms with Crippen LogP contribution in [0.4, 0.5) is 10.1 Å². The summed E-state index contributed by atoms with van der Waals surface area (Å²) in [6.07, 6.45) is 1.20. The van der Waals surface area contributed by atoms with Gasteiger partial charge >= 0.3 is 0 Å². The van der Waals surface area contributed by atoms with Gasteiger partial charge in [0, 0.05) is 5.69 Å². The Bertz CT molecular complexity index is 626. The van der Waals surface area contributed by atoms with Gasteiger partial charge in [-0.15, -0.1) is 0 Å². The Morgan fingerprint density at radius 2 is 2.05 bits per heavy atom. The summed E-state index contributed by atoms with van der Waals surface area (Å²) < 4.78 is 13.2. The Labute approximate surface area is 118 Å². The van der Waals surface area contributed by atoms with Crippen LogP contribution in [0.2, 0.25) is 0 Å². The van der Waals surface area contributed by atoms with Crippen LogP contribution in [-0.4, -0.2) is 11.1 Å². The molecule has 0 radical (unpaired) electrons. The molecule has 2 N–H and O–H groups in total. The summed E-state index contributed by atoms with van der Waals surface area (Å²) in [6, 6.07) is 12.7. The topological polar surface area (TPSA) is 32.3 Å². The van der Waals surface area contributed by atoms with E-state index in [4.69, 9.17) is 0 Å².